The second-order valence-electron chi connectivity index (χ2n) is 4.11. The van der Waals surface area contributed by atoms with E-state index in [0.717, 1.165) is 12.2 Å². The first-order valence-corrected chi connectivity index (χ1v) is 5.31. The average molecular weight is 200 g/mol. The molecule has 78 valence electrons. The summed E-state index contributed by atoms with van der Waals surface area (Å²) >= 11 is 0. The van der Waals surface area contributed by atoms with Crippen LogP contribution in [0.25, 0.3) is 0 Å². The summed E-state index contributed by atoms with van der Waals surface area (Å²) < 4.78 is 2.13. The topological polar surface area (TPSA) is 17.8 Å². The highest BCUT2D eigenvalue weighted by molar-refractivity contribution is 5.15. The van der Waals surface area contributed by atoms with Crippen LogP contribution in [0.3, 0.4) is 0 Å². The van der Waals surface area contributed by atoms with Crippen molar-refractivity contribution in [3.05, 3.63) is 54.1 Å². The molecular formula is C13H16N2. The van der Waals surface area contributed by atoms with Crippen molar-refractivity contribution >= 4 is 0 Å². The normalized spacial score (nSPS) is 10.9. The van der Waals surface area contributed by atoms with Crippen molar-refractivity contribution < 1.29 is 0 Å². The first kappa shape index (κ1) is 9.97. The van der Waals surface area contributed by atoms with E-state index in [2.05, 4.69) is 53.9 Å². The summed E-state index contributed by atoms with van der Waals surface area (Å²) in [6.07, 6.45) is 4.03. The second kappa shape index (κ2) is 4.30. The predicted molar refractivity (Wildman–Crippen MR) is 61.9 cm³/mol. The Morgan fingerprint density at radius 1 is 1.20 bits per heavy atom. The number of benzene rings is 1. The lowest BCUT2D eigenvalue weighted by Gasteiger charge is -2.01. The number of nitrogens with zero attached hydrogens (tertiary/aromatic N) is 2. The summed E-state index contributed by atoms with van der Waals surface area (Å²) in [7, 11) is 0. The Morgan fingerprint density at radius 3 is 2.53 bits per heavy atom. The molecule has 0 atom stereocenters. The zero-order chi connectivity index (χ0) is 10.7. The van der Waals surface area contributed by atoms with Gasteiger partial charge < -0.3 is 4.57 Å². The van der Waals surface area contributed by atoms with Gasteiger partial charge in [0.25, 0.3) is 0 Å². The summed E-state index contributed by atoms with van der Waals surface area (Å²) in [6.45, 7) is 5.23. The molecule has 0 bridgehead atoms. The van der Waals surface area contributed by atoms with E-state index in [1.807, 2.05) is 12.4 Å². The smallest absolute Gasteiger partial charge is 0.0952 e. The van der Waals surface area contributed by atoms with Crippen LogP contribution in [-0.4, -0.2) is 9.55 Å². The molecule has 0 aliphatic carbocycles. The summed E-state index contributed by atoms with van der Waals surface area (Å²) in [4.78, 5) is 4.37. The van der Waals surface area contributed by atoms with Gasteiger partial charge in [0, 0.05) is 12.7 Å². The number of hydrogen-bond acceptors (Lipinski definition) is 1. The van der Waals surface area contributed by atoms with Gasteiger partial charge in [-0.25, -0.2) is 4.98 Å². The van der Waals surface area contributed by atoms with Crippen molar-refractivity contribution in [2.45, 2.75) is 26.3 Å². The van der Waals surface area contributed by atoms with Gasteiger partial charge in [-0.3, -0.25) is 0 Å². The Labute approximate surface area is 90.6 Å². The fourth-order valence-electron chi connectivity index (χ4n) is 1.56. The monoisotopic (exact) mass is 200 g/mol. The fourth-order valence-corrected chi connectivity index (χ4v) is 1.56. The second-order valence-corrected chi connectivity index (χ2v) is 4.11. The average Bonchev–Trinajstić information content (AvgIpc) is 2.68. The van der Waals surface area contributed by atoms with Gasteiger partial charge in [-0.15, -0.1) is 0 Å². The van der Waals surface area contributed by atoms with Gasteiger partial charge in [0.05, 0.1) is 12.0 Å². The van der Waals surface area contributed by atoms with E-state index in [-0.39, 0.29) is 0 Å². The number of imidazole rings is 1. The Balaban J connectivity index is 2.12. The molecule has 0 radical (unpaired) electrons. The van der Waals surface area contributed by atoms with Crippen LogP contribution in [0.5, 0.6) is 0 Å². The molecule has 1 heterocycles. The SMILES string of the molecule is CC(C)c1cn(Cc2ccccc2)cn1. The highest BCUT2D eigenvalue weighted by Gasteiger charge is 2.02. The minimum absolute atomic E-state index is 0.502. The van der Waals surface area contributed by atoms with Crippen molar-refractivity contribution in [3.63, 3.8) is 0 Å². The van der Waals surface area contributed by atoms with E-state index >= 15 is 0 Å². The van der Waals surface area contributed by atoms with Gasteiger partial charge in [-0.2, -0.15) is 0 Å². The maximum atomic E-state index is 4.37. The number of hydrogen-bond donors (Lipinski definition) is 0. The highest BCUT2D eigenvalue weighted by atomic mass is 15.0. The molecule has 0 spiro atoms. The fraction of sp³-hybridized carbons (Fsp3) is 0.308. The van der Waals surface area contributed by atoms with Gasteiger partial charge in [0.1, 0.15) is 0 Å². The summed E-state index contributed by atoms with van der Waals surface area (Å²) in [6, 6.07) is 10.4. The van der Waals surface area contributed by atoms with Gasteiger partial charge in [0.15, 0.2) is 0 Å². The number of aromatic nitrogens is 2. The molecule has 15 heavy (non-hydrogen) atoms. The first-order chi connectivity index (χ1) is 7.25. The largest absolute Gasteiger partial charge is 0.333 e. The Morgan fingerprint density at radius 2 is 1.93 bits per heavy atom. The Bertz CT molecular complexity index is 415. The Hall–Kier alpha value is -1.57. The van der Waals surface area contributed by atoms with E-state index in [0.29, 0.717) is 5.92 Å². The molecule has 0 saturated carbocycles. The van der Waals surface area contributed by atoms with Crippen LogP contribution in [0, 0.1) is 0 Å². The predicted octanol–water partition coefficient (Wildman–Crippen LogP) is 3.05. The molecule has 0 unspecified atom stereocenters. The molecular weight excluding hydrogens is 184 g/mol. The lowest BCUT2D eigenvalue weighted by atomic mass is 10.1. The zero-order valence-corrected chi connectivity index (χ0v) is 9.22. The van der Waals surface area contributed by atoms with Crippen LogP contribution in [0.15, 0.2) is 42.9 Å². The summed E-state index contributed by atoms with van der Waals surface area (Å²) in [5.41, 5.74) is 2.47. The van der Waals surface area contributed by atoms with E-state index in [4.69, 9.17) is 0 Å². The molecule has 0 amide bonds. The molecule has 2 aromatic rings. The molecule has 1 aromatic carbocycles. The molecule has 0 N–H and O–H groups in total. The van der Waals surface area contributed by atoms with Gasteiger partial charge in [0.2, 0.25) is 0 Å². The van der Waals surface area contributed by atoms with Crippen molar-refractivity contribution in [1.29, 1.82) is 0 Å². The Kier molecular flexibility index (Phi) is 2.86. The third-order valence-electron chi connectivity index (χ3n) is 2.45. The molecule has 2 nitrogen and oxygen atoms in total. The van der Waals surface area contributed by atoms with E-state index in [9.17, 15) is 0 Å². The summed E-state index contributed by atoms with van der Waals surface area (Å²) in [5, 5.41) is 0. The van der Waals surface area contributed by atoms with Crippen LogP contribution in [-0.2, 0) is 6.54 Å². The molecule has 2 heteroatoms. The minimum atomic E-state index is 0.502. The third-order valence-corrected chi connectivity index (χ3v) is 2.45. The van der Waals surface area contributed by atoms with Crippen molar-refractivity contribution in [3.8, 4) is 0 Å². The van der Waals surface area contributed by atoms with Crippen molar-refractivity contribution in [2.75, 3.05) is 0 Å². The lowest BCUT2D eigenvalue weighted by Crippen LogP contribution is -1.95. The first-order valence-electron chi connectivity index (χ1n) is 5.31. The maximum Gasteiger partial charge on any atom is 0.0952 e. The zero-order valence-electron chi connectivity index (χ0n) is 9.22. The molecule has 1 aromatic heterocycles. The van der Waals surface area contributed by atoms with Crippen molar-refractivity contribution in [1.82, 2.24) is 9.55 Å². The van der Waals surface area contributed by atoms with Crippen molar-refractivity contribution in [2.24, 2.45) is 0 Å². The van der Waals surface area contributed by atoms with Crippen LogP contribution in [0.2, 0.25) is 0 Å². The highest BCUT2D eigenvalue weighted by Crippen LogP contribution is 2.11. The third kappa shape index (κ3) is 2.46. The molecule has 2 rings (SSSR count). The maximum absolute atomic E-state index is 4.37. The van der Waals surface area contributed by atoms with Gasteiger partial charge >= 0.3 is 0 Å². The van der Waals surface area contributed by atoms with Crippen LogP contribution >= 0.6 is 0 Å². The van der Waals surface area contributed by atoms with Crippen LogP contribution < -0.4 is 0 Å². The van der Waals surface area contributed by atoms with Crippen LogP contribution in [0.1, 0.15) is 31.0 Å². The van der Waals surface area contributed by atoms with Crippen LogP contribution in [0.4, 0.5) is 0 Å². The van der Waals surface area contributed by atoms with E-state index in [1.54, 1.807) is 0 Å². The molecule has 0 fully saturated rings. The molecule has 0 aliphatic rings. The van der Waals surface area contributed by atoms with E-state index in [1.165, 1.54) is 5.56 Å². The minimum Gasteiger partial charge on any atom is -0.333 e. The molecule has 0 saturated heterocycles. The quantitative estimate of drug-likeness (QED) is 0.744. The summed E-state index contributed by atoms with van der Waals surface area (Å²) in [5.74, 6) is 0.502. The number of rotatable bonds is 3. The van der Waals surface area contributed by atoms with Gasteiger partial charge in [-0.05, 0) is 11.5 Å². The lowest BCUT2D eigenvalue weighted by molar-refractivity contribution is 0.790. The molecule has 0 aliphatic heterocycles. The van der Waals surface area contributed by atoms with E-state index < -0.39 is 0 Å². The standard InChI is InChI=1S/C13H16N2/c1-11(2)13-9-15(10-14-13)8-12-6-4-3-5-7-12/h3-7,9-11H,8H2,1-2H3. The van der Waals surface area contributed by atoms with Gasteiger partial charge in [-0.1, -0.05) is 44.2 Å².